The molecule has 7 unspecified atom stereocenters. The van der Waals surface area contributed by atoms with Crippen LogP contribution in [0.2, 0.25) is 0 Å². The molecule has 0 aromatic carbocycles. The first kappa shape index (κ1) is 30.2. The normalized spacial score (nSPS) is 44.0. The van der Waals surface area contributed by atoms with Gasteiger partial charge in [0.25, 0.3) is 0 Å². The first-order chi connectivity index (χ1) is 15.7. The molecule has 0 aromatic heterocycles. The molecule has 0 saturated heterocycles. The van der Waals surface area contributed by atoms with Gasteiger partial charge >= 0.3 is 29.6 Å². The molecule has 4 rings (SSSR count). The van der Waals surface area contributed by atoms with Crippen molar-refractivity contribution in [1.29, 1.82) is 0 Å². The maximum atomic E-state index is 11.3. The fourth-order valence-electron chi connectivity index (χ4n) is 9.62. The zero-order valence-electron chi connectivity index (χ0n) is 23.7. The van der Waals surface area contributed by atoms with E-state index in [1.54, 1.807) is 5.57 Å². The maximum Gasteiger partial charge on any atom is 1.00 e. The molecule has 0 heterocycles. The van der Waals surface area contributed by atoms with E-state index in [4.69, 9.17) is 4.18 Å². The summed E-state index contributed by atoms with van der Waals surface area (Å²) in [6.07, 6.45) is 14.0. The van der Waals surface area contributed by atoms with Crippen molar-refractivity contribution in [2.24, 2.45) is 51.8 Å². The van der Waals surface area contributed by atoms with Crippen molar-refractivity contribution in [3.05, 3.63) is 11.6 Å². The predicted molar refractivity (Wildman–Crippen MR) is 137 cm³/mol. The van der Waals surface area contributed by atoms with E-state index in [-0.39, 0.29) is 40.9 Å². The van der Waals surface area contributed by atoms with Crippen LogP contribution in [0.1, 0.15) is 113 Å². The van der Waals surface area contributed by atoms with Gasteiger partial charge in [-0.05, 0) is 96.7 Å². The van der Waals surface area contributed by atoms with Crippen LogP contribution >= 0.6 is 0 Å². The average Bonchev–Trinajstić information content (AvgIpc) is 3.01. The number of rotatable bonds is 7. The van der Waals surface area contributed by atoms with Crippen LogP contribution in [0.5, 0.6) is 0 Å². The molecule has 3 saturated carbocycles. The predicted octanol–water partition coefficient (Wildman–Crippen LogP) is 4.51. The fourth-order valence-corrected chi connectivity index (χ4v) is 10.2. The van der Waals surface area contributed by atoms with Gasteiger partial charge in [0.15, 0.2) is 0 Å². The second kappa shape index (κ2) is 10.6. The Morgan fingerprint density at radius 1 is 1.03 bits per heavy atom. The van der Waals surface area contributed by atoms with E-state index in [0.29, 0.717) is 29.1 Å². The minimum atomic E-state index is -4.66. The first-order valence-corrected chi connectivity index (χ1v) is 15.4. The smallest absolute Gasteiger partial charge is 0.726 e. The molecule has 0 aromatic rings. The summed E-state index contributed by atoms with van der Waals surface area (Å²) in [5, 5.41) is 0. The molecule has 0 amide bonds. The molecule has 3 fully saturated rings. The van der Waals surface area contributed by atoms with Crippen LogP contribution in [0.3, 0.4) is 0 Å². The molecule has 0 radical (unpaired) electrons. The number of fused-ring (bicyclic) bond motifs is 5. The van der Waals surface area contributed by atoms with Gasteiger partial charge < -0.3 is 4.55 Å². The zero-order chi connectivity index (χ0) is 25.1. The second-order valence-corrected chi connectivity index (χ2v) is 14.7. The molecular formula is C29H49NaO4S. The van der Waals surface area contributed by atoms with E-state index in [2.05, 4.69) is 54.5 Å². The van der Waals surface area contributed by atoms with Gasteiger partial charge in [-0.15, -0.1) is 0 Å². The molecule has 0 aliphatic heterocycles. The average molecular weight is 517 g/mol. The monoisotopic (exact) mass is 516 g/mol. The molecule has 0 N–H and O–H groups in total. The van der Waals surface area contributed by atoms with E-state index >= 15 is 0 Å². The van der Waals surface area contributed by atoms with Gasteiger partial charge in [0, 0.05) is 0 Å². The van der Waals surface area contributed by atoms with Gasteiger partial charge in [0.1, 0.15) is 0 Å². The minimum absolute atomic E-state index is 0. The molecule has 6 heteroatoms. The molecule has 0 bridgehead atoms. The standard InChI is InChI=1S/C29H50O4S.Na/c1-19(2)9-8-10-20(3)22-13-17-29(7)25-12-11-23-21(4)26(33-34(30,31)32)15-16-27(23,5)24(25)14-18-28(22,29)6;/h14,19-23,25-26H,8-13,15-18H2,1-7H3,(H,30,31,32);/q;+1/p-1/t20?,21-,22?,23?,25?,26?,27?,28?,29-;/m0./s1. The Bertz CT molecular complexity index is 900. The number of hydrogen-bond acceptors (Lipinski definition) is 4. The van der Waals surface area contributed by atoms with Crippen molar-refractivity contribution >= 4 is 10.4 Å². The van der Waals surface area contributed by atoms with Gasteiger partial charge in [0.2, 0.25) is 10.4 Å². The molecule has 4 aliphatic rings. The Balaban J connectivity index is 0.00000342. The van der Waals surface area contributed by atoms with Crippen molar-refractivity contribution < 1.29 is 46.7 Å². The van der Waals surface area contributed by atoms with Crippen LogP contribution < -0.4 is 29.6 Å². The molecule has 4 aliphatic carbocycles. The van der Waals surface area contributed by atoms with E-state index in [9.17, 15) is 13.0 Å². The molecule has 4 nitrogen and oxygen atoms in total. The third-order valence-corrected chi connectivity index (χ3v) is 12.3. The SMILES string of the molecule is CC(C)CCCC(C)C1CC[C@@]2(C)C3CCC4[C@H](C)C(OS(=O)(=O)[O-])CCC4(C)C3=CCC12C.[Na+]. The van der Waals surface area contributed by atoms with E-state index < -0.39 is 16.5 Å². The van der Waals surface area contributed by atoms with E-state index in [1.165, 1.54) is 44.9 Å². The van der Waals surface area contributed by atoms with E-state index in [0.717, 1.165) is 30.6 Å². The van der Waals surface area contributed by atoms with Crippen LogP contribution in [0.25, 0.3) is 0 Å². The Morgan fingerprint density at radius 2 is 1.71 bits per heavy atom. The quantitative estimate of drug-likeness (QED) is 0.216. The largest absolute Gasteiger partial charge is 1.00 e. The summed E-state index contributed by atoms with van der Waals surface area (Å²) >= 11 is 0. The third kappa shape index (κ3) is 5.26. The summed E-state index contributed by atoms with van der Waals surface area (Å²) in [7, 11) is -4.66. The molecule has 9 atom stereocenters. The molecular weight excluding hydrogens is 467 g/mol. The third-order valence-electron chi connectivity index (χ3n) is 11.8. The van der Waals surface area contributed by atoms with Crippen molar-refractivity contribution in [2.75, 3.05) is 0 Å². The zero-order valence-corrected chi connectivity index (χ0v) is 26.5. The topological polar surface area (TPSA) is 66.4 Å². The summed E-state index contributed by atoms with van der Waals surface area (Å²) in [6, 6.07) is 0. The van der Waals surface area contributed by atoms with Crippen LogP contribution in [-0.4, -0.2) is 19.1 Å². The van der Waals surface area contributed by atoms with Gasteiger partial charge in [-0.3, -0.25) is 4.18 Å². The molecule has 0 spiro atoms. The summed E-state index contributed by atoms with van der Waals surface area (Å²) in [5.74, 6) is 3.49. The van der Waals surface area contributed by atoms with Crippen LogP contribution in [0, 0.1) is 51.8 Å². The van der Waals surface area contributed by atoms with Gasteiger partial charge in [0.05, 0.1) is 6.10 Å². The summed E-state index contributed by atoms with van der Waals surface area (Å²) in [6.45, 7) is 17.0. The summed E-state index contributed by atoms with van der Waals surface area (Å²) < 4.78 is 38.9. The van der Waals surface area contributed by atoms with Crippen molar-refractivity contribution in [2.45, 2.75) is 119 Å². The van der Waals surface area contributed by atoms with Crippen molar-refractivity contribution in [3.63, 3.8) is 0 Å². The number of hydrogen-bond donors (Lipinski definition) is 0. The summed E-state index contributed by atoms with van der Waals surface area (Å²) in [4.78, 5) is 0. The summed E-state index contributed by atoms with van der Waals surface area (Å²) in [5.41, 5.74) is 2.47. The minimum Gasteiger partial charge on any atom is -0.726 e. The van der Waals surface area contributed by atoms with Crippen LogP contribution in [0.15, 0.2) is 11.6 Å². The molecule has 196 valence electrons. The Kier molecular flexibility index (Phi) is 9.17. The van der Waals surface area contributed by atoms with Gasteiger partial charge in [-0.1, -0.05) is 79.4 Å². The van der Waals surface area contributed by atoms with Crippen molar-refractivity contribution in [1.82, 2.24) is 0 Å². The Hall–Kier alpha value is 0.610. The van der Waals surface area contributed by atoms with Crippen LogP contribution in [0.4, 0.5) is 0 Å². The molecule has 35 heavy (non-hydrogen) atoms. The first-order valence-electron chi connectivity index (χ1n) is 14.1. The Labute approximate surface area is 238 Å². The van der Waals surface area contributed by atoms with E-state index in [1.807, 2.05) is 0 Å². The van der Waals surface area contributed by atoms with Crippen LogP contribution in [-0.2, 0) is 14.6 Å². The Morgan fingerprint density at radius 3 is 2.34 bits per heavy atom. The van der Waals surface area contributed by atoms with Gasteiger partial charge in [-0.25, -0.2) is 8.42 Å². The second-order valence-electron chi connectivity index (χ2n) is 13.7. The maximum absolute atomic E-state index is 11.3. The van der Waals surface area contributed by atoms with Gasteiger partial charge in [-0.2, -0.15) is 0 Å². The number of allylic oxidation sites excluding steroid dienone is 2. The fraction of sp³-hybridized carbons (Fsp3) is 0.931. The van der Waals surface area contributed by atoms with Crippen molar-refractivity contribution in [3.8, 4) is 0 Å².